The SMILES string of the molecule is CN(C)CCCNCc1ccsc1. The van der Waals surface area contributed by atoms with Crippen LogP contribution < -0.4 is 5.32 Å². The van der Waals surface area contributed by atoms with Crippen LogP contribution in [0.4, 0.5) is 0 Å². The number of nitrogens with zero attached hydrogens (tertiary/aromatic N) is 1. The Balaban J connectivity index is 1.96. The van der Waals surface area contributed by atoms with Crippen molar-refractivity contribution in [2.24, 2.45) is 0 Å². The minimum absolute atomic E-state index is 1.01. The Bertz CT molecular complexity index is 207. The van der Waals surface area contributed by atoms with Crippen molar-refractivity contribution in [1.82, 2.24) is 10.2 Å². The number of thiophene rings is 1. The van der Waals surface area contributed by atoms with Gasteiger partial charge in [-0.05, 0) is 56.0 Å². The van der Waals surface area contributed by atoms with Gasteiger partial charge in [0.05, 0.1) is 0 Å². The first-order valence-electron chi connectivity index (χ1n) is 4.65. The Labute approximate surface area is 84.6 Å². The summed E-state index contributed by atoms with van der Waals surface area (Å²) in [6, 6.07) is 2.17. The van der Waals surface area contributed by atoms with E-state index in [-0.39, 0.29) is 0 Å². The molecule has 1 aromatic heterocycles. The normalized spacial score (nSPS) is 11.0. The van der Waals surface area contributed by atoms with Crippen LogP contribution in [0.3, 0.4) is 0 Å². The van der Waals surface area contributed by atoms with Gasteiger partial charge in [-0.1, -0.05) is 0 Å². The predicted octanol–water partition coefficient (Wildman–Crippen LogP) is 1.79. The first kappa shape index (κ1) is 10.7. The van der Waals surface area contributed by atoms with Gasteiger partial charge in [0.1, 0.15) is 0 Å². The van der Waals surface area contributed by atoms with Crippen molar-refractivity contribution in [3.63, 3.8) is 0 Å². The summed E-state index contributed by atoms with van der Waals surface area (Å²) in [5.41, 5.74) is 1.40. The van der Waals surface area contributed by atoms with E-state index in [9.17, 15) is 0 Å². The molecule has 0 bridgehead atoms. The van der Waals surface area contributed by atoms with Crippen LogP contribution in [-0.2, 0) is 6.54 Å². The molecule has 0 fully saturated rings. The van der Waals surface area contributed by atoms with Crippen molar-refractivity contribution >= 4 is 11.3 Å². The molecule has 0 aliphatic carbocycles. The molecule has 13 heavy (non-hydrogen) atoms. The zero-order valence-corrected chi connectivity index (χ0v) is 9.23. The quantitative estimate of drug-likeness (QED) is 0.701. The maximum Gasteiger partial charge on any atom is 0.0213 e. The van der Waals surface area contributed by atoms with Gasteiger partial charge in [-0.15, -0.1) is 0 Å². The molecule has 0 saturated carbocycles. The van der Waals surface area contributed by atoms with Crippen LogP contribution in [0.1, 0.15) is 12.0 Å². The molecule has 0 radical (unpaired) electrons. The van der Waals surface area contributed by atoms with Crippen LogP contribution in [0.25, 0.3) is 0 Å². The average Bonchev–Trinajstić information content (AvgIpc) is 2.55. The molecule has 0 aromatic carbocycles. The second kappa shape index (κ2) is 6.13. The molecule has 0 atom stereocenters. The molecular formula is C10H18N2S. The monoisotopic (exact) mass is 198 g/mol. The average molecular weight is 198 g/mol. The number of hydrogen-bond acceptors (Lipinski definition) is 3. The van der Waals surface area contributed by atoms with Crippen molar-refractivity contribution in [3.8, 4) is 0 Å². The van der Waals surface area contributed by atoms with Crippen molar-refractivity contribution in [1.29, 1.82) is 0 Å². The minimum Gasteiger partial charge on any atom is -0.313 e. The van der Waals surface area contributed by atoms with E-state index < -0.39 is 0 Å². The van der Waals surface area contributed by atoms with Gasteiger partial charge in [-0.3, -0.25) is 0 Å². The number of rotatable bonds is 6. The van der Waals surface area contributed by atoms with E-state index in [1.807, 2.05) is 0 Å². The topological polar surface area (TPSA) is 15.3 Å². The largest absolute Gasteiger partial charge is 0.313 e. The Kier molecular flexibility index (Phi) is 5.05. The van der Waals surface area contributed by atoms with Crippen molar-refractivity contribution < 1.29 is 0 Å². The van der Waals surface area contributed by atoms with Crippen molar-refractivity contribution in [2.45, 2.75) is 13.0 Å². The van der Waals surface area contributed by atoms with Gasteiger partial charge in [0.25, 0.3) is 0 Å². The first-order chi connectivity index (χ1) is 6.29. The Morgan fingerprint density at radius 3 is 2.92 bits per heavy atom. The highest BCUT2D eigenvalue weighted by atomic mass is 32.1. The highest BCUT2D eigenvalue weighted by molar-refractivity contribution is 7.07. The van der Waals surface area contributed by atoms with Gasteiger partial charge in [-0.2, -0.15) is 11.3 Å². The standard InChI is InChI=1S/C10H18N2S/c1-12(2)6-3-5-11-8-10-4-7-13-9-10/h4,7,9,11H,3,5-6,8H2,1-2H3. The fourth-order valence-electron chi connectivity index (χ4n) is 1.15. The Morgan fingerprint density at radius 2 is 2.31 bits per heavy atom. The van der Waals surface area contributed by atoms with Gasteiger partial charge in [0.2, 0.25) is 0 Å². The van der Waals surface area contributed by atoms with E-state index in [1.54, 1.807) is 11.3 Å². The molecule has 0 aliphatic rings. The van der Waals surface area contributed by atoms with E-state index in [0.29, 0.717) is 0 Å². The fraction of sp³-hybridized carbons (Fsp3) is 0.600. The third-order valence-corrected chi connectivity index (χ3v) is 2.60. The molecule has 0 saturated heterocycles. The second-order valence-corrected chi connectivity index (χ2v) is 4.25. The third-order valence-electron chi connectivity index (χ3n) is 1.87. The number of hydrogen-bond donors (Lipinski definition) is 1. The lowest BCUT2D eigenvalue weighted by molar-refractivity contribution is 0.394. The molecule has 0 spiro atoms. The fourth-order valence-corrected chi connectivity index (χ4v) is 1.81. The summed E-state index contributed by atoms with van der Waals surface area (Å²) >= 11 is 1.76. The van der Waals surface area contributed by atoms with Crippen LogP contribution in [0.15, 0.2) is 16.8 Å². The Morgan fingerprint density at radius 1 is 1.46 bits per heavy atom. The lowest BCUT2D eigenvalue weighted by Crippen LogP contribution is -2.20. The second-order valence-electron chi connectivity index (χ2n) is 3.47. The van der Waals surface area contributed by atoms with Gasteiger partial charge >= 0.3 is 0 Å². The Hall–Kier alpha value is -0.380. The molecule has 1 heterocycles. The summed E-state index contributed by atoms with van der Waals surface area (Å²) in [5, 5.41) is 7.74. The molecule has 3 heteroatoms. The summed E-state index contributed by atoms with van der Waals surface area (Å²) in [7, 11) is 4.22. The molecule has 2 nitrogen and oxygen atoms in total. The molecule has 0 aliphatic heterocycles. The molecule has 0 unspecified atom stereocenters. The lowest BCUT2D eigenvalue weighted by Gasteiger charge is -2.09. The van der Waals surface area contributed by atoms with Crippen molar-refractivity contribution in [3.05, 3.63) is 22.4 Å². The first-order valence-corrected chi connectivity index (χ1v) is 5.60. The van der Waals surface area contributed by atoms with Crippen LogP contribution in [-0.4, -0.2) is 32.1 Å². The number of nitrogens with one attached hydrogen (secondary N) is 1. The zero-order chi connectivity index (χ0) is 9.52. The van der Waals surface area contributed by atoms with E-state index >= 15 is 0 Å². The third kappa shape index (κ3) is 5.03. The van der Waals surface area contributed by atoms with Crippen LogP contribution >= 0.6 is 11.3 Å². The van der Waals surface area contributed by atoms with E-state index in [2.05, 4.69) is 41.1 Å². The molecule has 1 N–H and O–H groups in total. The molecular weight excluding hydrogens is 180 g/mol. The molecule has 1 rings (SSSR count). The molecule has 74 valence electrons. The summed E-state index contributed by atoms with van der Waals surface area (Å²) in [6.45, 7) is 3.28. The zero-order valence-electron chi connectivity index (χ0n) is 8.42. The highest BCUT2D eigenvalue weighted by Crippen LogP contribution is 2.04. The molecule has 1 aromatic rings. The highest BCUT2D eigenvalue weighted by Gasteiger charge is 1.92. The van der Waals surface area contributed by atoms with E-state index in [1.165, 1.54) is 12.0 Å². The smallest absolute Gasteiger partial charge is 0.0213 e. The summed E-state index contributed by atoms with van der Waals surface area (Å²) < 4.78 is 0. The van der Waals surface area contributed by atoms with E-state index in [4.69, 9.17) is 0 Å². The van der Waals surface area contributed by atoms with Crippen LogP contribution in [0, 0.1) is 0 Å². The van der Waals surface area contributed by atoms with Crippen molar-refractivity contribution in [2.75, 3.05) is 27.2 Å². The van der Waals surface area contributed by atoms with Crippen LogP contribution in [0.5, 0.6) is 0 Å². The minimum atomic E-state index is 1.01. The predicted molar refractivity (Wildman–Crippen MR) is 59.2 cm³/mol. The lowest BCUT2D eigenvalue weighted by atomic mass is 10.3. The van der Waals surface area contributed by atoms with Crippen LogP contribution in [0.2, 0.25) is 0 Å². The molecule has 0 amide bonds. The van der Waals surface area contributed by atoms with Gasteiger partial charge in [0.15, 0.2) is 0 Å². The maximum absolute atomic E-state index is 3.42. The summed E-state index contributed by atoms with van der Waals surface area (Å²) in [4.78, 5) is 2.21. The van der Waals surface area contributed by atoms with E-state index in [0.717, 1.165) is 19.6 Å². The van der Waals surface area contributed by atoms with Gasteiger partial charge < -0.3 is 10.2 Å². The van der Waals surface area contributed by atoms with Gasteiger partial charge in [-0.25, -0.2) is 0 Å². The summed E-state index contributed by atoms with van der Waals surface area (Å²) in [6.07, 6.45) is 1.22. The maximum atomic E-state index is 3.42. The summed E-state index contributed by atoms with van der Waals surface area (Å²) in [5.74, 6) is 0. The van der Waals surface area contributed by atoms with Gasteiger partial charge in [0, 0.05) is 6.54 Å².